The molecule has 0 amide bonds. The van der Waals surface area contributed by atoms with Crippen LogP contribution >= 0.6 is 0 Å². The standard InChI is InChI=1S/C20H22N4O4/c21-18-17(19(27)22-20(28)24(18)14-3-4-14)16(26)11-23-9-7-13(8-10-23)12-1-5-15(25)6-2-12/h1-2,5-7,14,25H,3-4,8-11,21H2,(H,22,27,28). The number of hydrogen-bond acceptors (Lipinski definition) is 6. The molecular weight excluding hydrogens is 360 g/mol. The number of hydrogen-bond donors (Lipinski definition) is 3. The third-order valence-electron chi connectivity index (χ3n) is 5.27. The number of carbonyl (C=O) groups is 1. The topological polar surface area (TPSA) is 121 Å². The molecule has 4 rings (SSSR count). The van der Waals surface area contributed by atoms with Gasteiger partial charge in [-0.25, -0.2) is 4.79 Å². The number of H-pyrrole nitrogens is 1. The quantitative estimate of drug-likeness (QED) is 0.667. The fraction of sp³-hybridized carbons (Fsp3) is 0.350. The maximum Gasteiger partial charge on any atom is 0.330 e. The second kappa shape index (κ2) is 7.12. The predicted octanol–water partition coefficient (Wildman–Crippen LogP) is 1.13. The van der Waals surface area contributed by atoms with Gasteiger partial charge in [-0.3, -0.25) is 24.0 Å². The number of phenols is 1. The number of carbonyl (C=O) groups excluding carboxylic acids is 1. The molecule has 2 aromatic rings. The lowest BCUT2D eigenvalue weighted by atomic mass is 9.99. The molecule has 0 saturated heterocycles. The number of nitrogen functional groups attached to an aromatic ring is 1. The van der Waals surface area contributed by atoms with Crippen molar-refractivity contribution >= 4 is 17.2 Å². The number of anilines is 1. The minimum absolute atomic E-state index is 0.0262. The van der Waals surface area contributed by atoms with Gasteiger partial charge < -0.3 is 10.8 Å². The highest BCUT2D eigenvalue weighted by molar-refractivity contribution is 6.01. The summed E-state index contributed by atoms with van der Waals surface area (Å²) in [6, 6.07) is 7.00. The molecule has 8 nitrogen and oxygen atoms in total. The molecule has 0 spiro atoms. The van der Waals surface area contributed by atoms with Crippen LogP contribution in [0.1, 0.15) is 41.2 Å². The van der Waals surface area contributed by atoms with E-state index >= 15 is 0 Å². The van der Waals surface area contributed by atoms with E-state index in [1.807, 2.05) is 23.1 Å². The van der Waals surface area contributed by atoms with Gasteiger partial charge in [0.2, 0.25) is 0 Å². The maximum absolute atomic E-state index is 12.7. The van der Waals surface area contributed by atoms with Crippen molar-refractivity contribution < 1.29 is 9.90 Å². The maximum atomic E-state index is 12.7. The van der Waals surface area contributed by atoms with E-state index in [0.29, 0.717) is 13.1 Å². The van der Waals surface area contributed by atoms with E-state index in [1.165, 1.54) is 4.57 Å². The molecule has 1 fully saturated rings. The Kier molecular flexibility index (Phi) is 4.64. The molecule has 0 bridgehead atoms. The lowest BCUT2D eigenvalue weighted by Crippen LogP contribution is -2.40. The van der Waals surface area contributed by atoms with Crippen molar-refractivity contribution in [2.24, 2.45) is 0 Å². The van der Waals surface area contributed by atoms with E-state index in [2.05, 4.69) is 4.98 Å². The van der Waals surface area contributed by atoms with Crippen LogP contribution in [0.15, 0.2) is 39.9 Å². The normalized spacial score (nSPS) is 17.4. The zero-order valence-electron chi connectivity index (χ0n) is 15.4. The Labute approximate surface area is 160 Å². The summed E-state index contributed by atoms with van der Waals surface area (Å²) in [5.74, 6) is -0.184. The number of nitrogens with zero attached hydrogens (tertiary/aromatic N) is 2. The third-order valence-corrected chi connectivity index (χ3v) is 5.27. The number of phenolic OH excluding ortho intramolecular Hbond substituents is 1. The van der Waals surface area contributed by atoms with Crippen LogP contribution < -0.4 is 17.0 Å². The van der Waals surface area contributed by atoms with Crippen molar-refractivity contribution in [3.05, 3.63) is 62.3 Å². The van der Waals surface area contributed by atoms with Gasteiger partial charge in [-0.1, -0.05) is 18.2 Å². The van der Waals surface area contributed by atoms with Crippen molar-refractivity contribution in [1.82, 2.24) is 14.5 Å². The Morgan fingerprint density at radius 2 is 1.93 bits per heavy atom. The van der Waals surface area contributed by atoms with Crippen molar-refractivity contribution in [2.45, 2.75) is 25.3 Å². The highest BCUT2D eigenvalue weighted by Gasteiger charge is 2.30. The monoisotopic (exact) mass is 382 g/mol. The Bertz CT molecular complexity index is 1060. The zero-order valence-corrected chi connectivity index (χ0v) is 15.4. The van der Waals surface area contributed by atoms with Crippen LogP contribution in [0, 0.1) is 0 Å². The summed E-state index contributed by atoms with van der Waals surface area (Å²) in [5.41, 5.74) is 6.81. The number of rotatable bonds is 5. The molecular formula is C20H22N4O4. The number of aromatic nitrogens is 2. The number of aromatic amines is 1. The van der Waals surface area contributed by atoms with Gasteiger partial charge in [0.15, 0.2) is 5.78 Å². The van der Waals surface area contributed by atoms with Gasteiger partial charge in [0, 0.05) is 19.1 Å². The summed E-state index contributed by atoms with van der Waals surface area (Å²) < 4.78 is 1.33. The predicted molar refractivity (Wildman–Crippen MR) is 105 cm³/mol. The van der Waals surface area contributed by atoms with Gasteiger partial charge in [-0.2, -0.15) is 0 Å². The summed E-state index contributed by atoms with van der Waals surface area (Å²) in [4.78, 5) is 41.1. The second-order valence-electron chi connectivity index (χ2n) is 7.31. The van der Waals surface area contributed by atoms with E-state index in [9.17, 15) is 19.5 Å². The minimum Gasteiger partial charge on any atom is -0.508 e. The number of nitrogens with two attached hydrogens (primary N) is 1. The molecule has 4 N–H and O–H groups in total. The first-order valence-electron chi connectivity index (χ1n) is 9.32. The number of benzene rings is 1. The molecule has 2 aliphatic rings. The number of aromatic hydroxyl groups is 1. The van der Waals surface area contributed by atoms with Crippen LogP contribution in [0.3, 0.4) is 0 Å². The highest BCUT2D eigenvalue weighted by atomic mass is 16.3. The summed E-state index contributed by atoms with van der Waals surface area (Å²) in [6.45, 7) is 1.30. The van der Waals surface area contributed by atoms with E-state index < -0.39 is 11.2 Å². The van der Waals surface area contributed by atoms with Gasteiger partial charge in [-0.05, 0) is 42.5 Å². The van der Waals surface area contributed by atoms with Crippen LogP contribution in [-0.2, 0) is 0 Å². The number of ketones is 1. The van der Waals surface area contributed by atoms with Crippen LogP contribution in [0.25, 0.3) is 5.57 Å². The molecule has 28 heavy (non-hydrogen) atoms. The smallest absolute Gasteiger partial charge is 0.330 e. The van der Waals surface area contributed by atoms with Gasteiger partial charge >= 0.3 is 5.69 Å². The van der Waals surface area contributed by atoms with Gasteiger partial charge in [0.25, 0.3) is 5.56 Å². The Morgan fingerprint density at radius 1 is 1.21 bits per heavy atom. The molecule has 146 valence electrons. The van der Waals surface area contributed by atoms with Crippen LogP contribution in [0.2, 0.25) is 0 Å². The van der Waals surface area contributed by atoms with Gasteiger partial charge in [-0.15, -0.1) is 0 Å². The van der Waals surface area contributed by atoms with Gasteiger partial charge in [0.1, 0.15) is 17.1 Å². The molecule has 0 unspecified atom stereocenters. The first-order chi connectivity index (χ1) is 13.4. The molecule has 2 heterocycles. The second-order valence-corrected chi connectivity index (χ2v) is 7.31. The molecule has 8 heteroatoms. The molecule has 1 aliphatic heterocycles. The fourth-order valence-electron chi connectivity index (χ4n) is 3.61. The van der Waals surface area contributed by atoms with E-state index in [-0.39, 0.29) is 35.5 Å². The van der Waals surface area contributed by atoms with Gasteiger partial charge in [0.05, 0.1) is 6.54 Å². The van der Waals surface area contributed by atoms with Crippen LogP contribution in [0.4, 0.5) is 5.82 Å². The Hall–Kier alpha value is -3.13. The summed E-state index contributed by atoms with van der Waals surface area (Å²) in [5, 5.41) is 9.40. The molecule has 0 atom stereocenters. The molecule has 1 aromatic carbocycles. The molecule has 1 aliphatic carbocycles. The summed E-state index contributed by atoms with van der Waals surface area (Å²) in [7, 11) is 0. The van der Waals surface area contributed by atoms with Crippen molar-refractivity contribution in [1.29, 1.82) is 0 Å². The summed E-state index contributed by atoms with van der Waals surface area (Å²) >= 11 is 0. The number of Topliss-reactive ketones (excluding diaryl/α,β-unsaturated/α-hetero) is 1. The van der Waals surface area contributed by atoms with E-state index in [1.54, 1.807) is 12.1 Å². The fourth-order valence-corrected chi connectivity index (χ4v) is 3.61. The molecule has 0 radical (unpaired) electrons. The van der Waals surface area contributed by atoms with Crippen molar-refractivity contribution in [3.63, 3.8) is 0 Å². The van der Waals surface area contributed by atoms with E-state index in [0.717, 1.165) is 30.4 Å². The van der Waals surface area contributed by atoms with E-state index in [4.69, 9.17) is 5.73 Å². The molecule has 1 saturated carbocycles. The zero-order chi connectivity index (χ0) is 19.8. The first kappa shape index (κ1) is 18.2. The van der Waals surface area contributed by atoms with Crippen LogP contribution in [-0.4, -0.2) is 45.0 Å². The first-order valence-corrected chi connectivity index (χ1v) is 9.32. The highest BCUT2D eigenvalue weighted by Crippen LogP contribution is 2.35. The van der Waals surface area contributed by atoms with Crippen molar-refractivity contribution in [2.75, 3.05) is 25.4 Å². The lowest BCUT2D eigenvalue weighted by molar-refractivity contribution is 0.0936. The molecule has 1 aromatic heterocycles. The minimum atomic E-state index is -0.721. The number of nitrogens with one attached hydrogen (secondary N) is 1. The largest absolute Gasteiger partial charge is 0.508 e. The third kappa shape index (κ3) is 3.50. The Balaban J connectivity index is 1.49. The average Bonchev–Trinajstić information content (AvgIpc) is 3.47. The summed E-state index contributed by atoms with van der Waals surface area (Å²) in [6.07, 6.45) is 4.44. The van der Waals surface area contributed by atoms with Crippen LogP contribution in [0.5, 0.6) is 5.75 Å². The SMILES string of the molecule is Nc1c(C(=O)CN2CC=C(c3ccc(O)cc3)CC2)c(=O)[nH]c(=O)n1C1CC1. The average molecular weight is 382 g/mol. The van der Waals surface area contributed by atoms with Crippen molar-refractivity contribution in [3.8, 4) is 5.75 Å². The Morgan fingerprint density at radius 3 is 2.54 bits per heavy atom. The lowest BCUT2D eigenvalue weighted by Gasteiger charge is -2.26.